The van der Waals surface area contributed by atoms with Gasteiger partial charge in [-0.05, 0) is 12.3 Å². The molecule has 1 heterocycles. The number of hydrogen-bond acceptors (Lipinski definition) is 2. The molecule has 4 nitrogen and oxygen atoms in total. The summed E-state index contributed by atoms with van der Waals surface area (Å²) in [5.74, 6) is -0.557. The number of carbonyl (C=O) groups is 2. The Hall–Kier alpha value is -1.32. The van der Waals surface area contributed by atoms with E-state index in [-0.39, 0.29) is 5.91 Å². The number of carboxylic acids is 1. The van der Waals surface area contributed by atoms with E-state index in [2.05, 4.69) is 0 Å². The fourth-order valence-electron chi connectivity index (χ4n) is 1.42. The van der Waals surface area contributed by atoms with Crippen LogP contribution in [0.25, 0.3) is 0 Å². The highest BCUT2D eigenvalue weighted by atomic mass is 16.4. The van der Waals surface area contributed by atoms with Gasteiger partial charge in [-0.3, -0.25) is 4.79 Å². The average Bonchev–Trinajstić information content (AvgIpc) is 2.07. The maximum Gasteiger partial charge on any atom is 0.333 e. The first-order chi connectivity index (χ1) is 6.50. The van der Waals surface area contributed by atoms with Crippen molar-refractivity contribution in [3.8, 4) is 0 Å². The highest BCUT2D eigenvalue weighted by Crippen LogP contribution is 2.17. The van der Waals surface area contributed by atoms with Crippen LogP contribution < -0.4 is 0 Å². The van der Waals surface area contributed by atoms with Crippen LogP contribution in [0.5, 0.6) is 0 Å². The Labute approximate surface area is 83.2 Å². The highest BCUT2D eigenvalue weighted by Gasteiger charge is 2.22. The molecular formula is C10H15NO3. The molecule has 1 aliphatic heterocycles. The topological polar surface area (TPSA) is 57.6 Å². The second kappa shape index (κ2) is 4.26. The van der Waals surface area contributed by atoms with Gasteiger partial charge in [0, 0.05) is 19.2 Å². The number of amides is 1. The lowest BCUT2D eigenvalue weighted by atomic mass is 10.1. The van der Waals surface area contributed by atoms with Gasteiger partial charge in [0.25, 0.3) is 0 Å². The van der Waals surface area contributed by atoms with Crippen molar-refractivity contribution in [2.24, 2.45) is 5.92 Å². The lowest BCUT2D eigenvalue weighted by molar-refractivity contribution is -0.134. The Balaban J connectivity index is 2.75. The smallest absolute Gasteiger partial charge is 0.333 e. The van der Waals surface area contributed by atoms with E-state index in [9.17, 15) is 9.59 Å². The molecule has 0 saturated carbocycles. The minimum absolute atomic E-state index is 0.0173. The molecule has 78 valence electrons. The van der Waals surface area contributed by atoms with Crippen molar-refractivity contribution in [1.82, 2.24) is 4.90 Å². The summed E-state index contributed by atoms with van der Waals surface area (Å²) in [4.78, 5) is 23.6. The second-order valence-electron chi connectivity index (χ2n) is 3.90. The van der Waals surface area contributed by atoms with Crippen molar-refractivity contribution in [3.63, 3.8) is 0 Å². The van der Waals surface area contributed by atoms with Gasteiger partial charge in [0.2, 0.25) is 5.91 Å². The molecular weight excluding hydrogens is 182 g/mol. The van der Waals surface area contributed by atoms with Gasteiger partial charge in [0.05, 0.1) is 5.57 Å². The van der Waals surface area contributed by atoms with Gasteiger partial charge < -0.3 is 10.0 Å². The van der Waals surface area contributed by atoms with Crippen molar-refractivity contribution in [3.05, 3.63) is 11.8 Å². The first-order valence-corrected chi connectivity index (χ1v) is 4.74. The summed E-state index contributed by atoms with van der Waals surface area (Å²) in [5.41, 5.74) is 0.324. The van der Waals surface area contributed by atoms with Gasteiger partial charge in [-0.2, -0.15) is 0 Å². The van der Waals surface area contributed by atoms with Gasteiger partial charge in [-0.1, -0.05) is 13.8 Å². The van der Waals surface area contributed by atoms with Crippen LogP contribution >= 0.6 is 0 Å². The molecule has 1 N–H and O–H groups in total. The molecule has 1 rings (SSSR count). The van der Waals surface area contributed by atoms with Gasteiger partial charge in [-0.15, -0.1) is 0 Å². The fourth-order valence-corrected chi connectivity index (χ4v) is 1.42. The van der Waals surface area contributed by atoms with Gasteiger partial charge >= 0.3 is 5.97 Å². The second-order valence-corrected chi connectivity index (χ2v) is 3.90. The summed E-state index contributed by atoms with van der Waals surface area (Å²) in [6.45, 7) is 4.59. The number of aliphatic carboxylic acids is 1. The molecule has 4 heteroatoms. The van der Waals surface area contributed by atoms with Crippen molar-refractivity contribution < 1.29 is 14.7 Å². The number of nitrogens with zero attached hydrogens (tertiary/aromatic N) is 1. The fraction of sp³-hybridized carbons (Fsp3) is 0.600. The van der Waals surface area contributed by atoms with Crippen molar-refractivity contribution >= 4 is 11.9 Å². The van der Waals surface area contributed by atoms with Crippen LogP contribution in [-0.2, 0) is 9.59 Å². The van der Waals surface area contributed by atoms with Gasteiger partial charge in [0.1, 0.15) is 0 Å². The summed E-state index contributed by atoms with van der Waals surface area (Å²) in [5, 5.41) is 8.77. The van der Waals surface area contributed by atoms with Gasteiger partial charge in [0.15, 0.2) is 0 Å². The average molecular weight is 197 g/mol. The van der Waals surface area contributed by atoms with E-state index in [0.717, 1.165) is 0 Å². The van der Waals surface area contributed by atoms with Crippen LogP contribution in [0.2, 0.25) is 0 Å². The van der Waals surface area contributed by atoms with Crippen LogP contribution in [0.1, 0.15) is 26.7 Å². The Morgan fingerprint density at radius 2 is 2.21 bits per heavy atom. The molecule has 0 unspecified atom stereocenters. The Bertz CT molecular complexity index is 281. The molecule has 0 saturated heterocycles. The van der Waals surface area contributed by atoms with Crippen molar-refractivity contribution in [2.45, 2.75) is 26.7 Å². The van der Waals surface area contributed by atoms with E-state index in [1.807, 2.05) is 13.8 Å². The normalized spacial score (nSPS) is 17.2. The summed E-state index contributed by atoms with van der Waals surface area (Å²) in [6, 6.07) is 0. The first-order valence-electron chi connectivity index (χ1n) is 4.74. The Morgan fingerprint density at radius 3 is 2.71 bits per heavy atom. The minimum Gasteiger partial charge on any atom is -0.478 e. The van der Waals surface area contributed by atoms with E-state index >= 15 is 0 Å². The standard InChI is InChI=1S/C10H15NO3/c1-7(2)5-11-6-8(10(13)14)3-4-9(11)12/h6-7H,3-5H2,1-2H3,(H,13,14). The lowest BCUT2D eigenvalue weighted by Gasteiger charge is -2.25. The van der Waals surface area contributed by atoms with E-state index in [1.165, 1.54) is 11.1 Å². The summed E-state index contributed by atoms with van der Waals surface area (Å²) in [7, 11) is 0. The zero-order valence-corrected chi connectivity index (χ0v) is 8.49. The molecule has 0 aromatic rings. The molecule has 0 radical (unpaired) electrons. The monoisotopic (exact) mass is 197 g/mol. The van der Waals surface area contributed by atoms with Crippen LogP contribution in [0.15, 0.2) is 11.8 Å². The van der Waals surface area contributed by atoms with E-state index in [4.69, 9.17) is 5.11 Å². The predicted molar refractivity (Wildman–Crippen MR) is 51.5 cm³/mol. The largest absolute Gasteiger partial charge is 0.478 e. The van der Waals surface area contributed by atoms with Crippen LogP contribution in [0.3, 0.4) is 0 Å². The molecule has 1 aliphatic rings. The third kappa shape index (κ3) is 2.58. The SMILES string of the molecule is CC(C)CN1C=C(C(=O)O)CCC1=O. The maximum atomic E-state index is 11.4. The summed E-state index contributed by atoms with van der Waals surface area (Å²) in [6.07, 6.45) is 2.13. The maximum absolute atomic E-state index is 11.4. The van der Waals surface area contributed by atoms with Crippen LogP contribution in [-0.4, -0.2) is 28.4 Å². The number of carbonyl (C=O) groups excluding carboxylic acids is 1. The number of carboxylic acid groups (broad SMARTS) is 1. The van der Waals surface area contributed by atoms with E-state index in [0.29, 0.717) is 30.9 Å². The molecule has 0 aromatic carbocycles. The molecule has 0 spiro atoms. The molecule has 0 bridgehead atoms. The summed E-state index contributed by atoms with van der Waals surface area (Å²) >= 11 is 0. The minimum atomic E-state index is -0.925. The van der Waals surface area contributed by atoms with Crippen LogP contribution in [0.4, 0.5) is 0 Å². The Morgan fingerprint density at radius 1 is 1.57 bits per heavy atom. The molecule has 0 aliphatic carbocycles. The molecule has 1 amide bonds. The predicted octanol–water partition coefficient (Wildman–Crippen LogP) is 1.23. The third-order valence-corrected chi connectivity index (χ3v) is 2.08. The highest BCUT2D eigenvalue weighted by molar-refractivity contribution is 5.90. The summed E-state index contributed by atoms with van der Waals surface area (Å²) < 4.78 is 0. The number of rotatable bonds is 3. The van der Waals surface area contributed by atoms with Gasteiger partial charge in [-0.25, -0.2) is 4.79 Å². The van der Waals surface area contributed by atoms with E-state index < -0.39 is 5.97 Å². The number of hydrogen-bond donors (Lipinski definition) is 1. The lowest BCUT2D eigenvalue weighted by Crippen LogP contribution is -2.33. The molecule has 0 fully saturated rings. The van der Waals surface area contributed by atoms with Crippen molar-refractivity contribution in [1.29, 1.82) is 0 Å². The Kier molecular flexibility index (Phi) is 3.28. The zero-order chi connectivity index (χ0) is 10.7. The first kappa shape index (κ1) is 10.8. The van der Waals surface area contributed by atoms with E-state index in [1.54, 1.807) is 0 Å². The molecule has 14 heavy (non-hydrogen) atoms. The quantitative estimate of drug-likeness (QED) is 0.740. The zero-order valence-electron chi connectivity index (χ0n) is 8.49. The van der Waals surface area contributed by atoms with Crippen molar-refractivity contribution in [2.75, 3.05) is 6.54 Å². The molecule has 0 atom stereocenters. The molecule has 0 aromatic heterocycles. The van der Waals surface area contributed by atoms with Crippen LogP contribution in [0, 0.1) is 5.92 Å². The third-order valence-electron chi connectivity index (χ3n) is 2.08.